The second kappa shape index (κ2) is 4.50. The second-order valence-corrected chi connectivity index (χ2v) is 3.22. The normalized spacial score (nSPS) is 10.0. The van der Waals surface area contributed by atoms with E-state index in [2.05, 4.69) is 15.9 Å². The van der Waals surface area contributed by atoms with E-state index in [1.165, 1.54) is 6.07 Å². The maximum Gasteiger partial charge on any atom is 0.123 e. The molecule has 1 rings (SSSR count). The highest BCUT2D eigenvalue weighted by atomic mass is 79.9. The van der Waals surface area contributed by atoms with E-state index in [1.54, 1.807) is 12.1 Å². The van der Waals surface area contributed by atoms with Crippen molar-refractivity contribution in [2.45, 2.75) is 12.8 Å². The minimum Gasteiger partial charge on any atom is -0.207 e. The number of rotatable bonds is 3. The molecule has 0 aliphatic rings. The van der Waals surface area contributed by atoms with Crippen molar-refractivity contribution in [2.24, 2.45) is 0 Å². The first-order valence-corrected chi connectivity index (χ1v) is 4.75. The molecule has 0 aromatic heterocycles. The van der Waals surface area contributed by atoms with Gasteiger partial charge in [0.15, 0.2) is 0 Å². The number of aryl methyl sites for hydroxylation is 1. The predicted octanol–water partition coefficient (Wildman–Crippen LogP) is 3.15. The van der Waals surface area contributed by atoms with Crippen LogP contribution in [0.1, 0.15) is 12.0 Å². The van der Waals surface area contributed by atoms with E-state index in [9.17, 15) is 4.39 Å². The standard InChI is InChI=1S/C9H10BrF/c10-6-2-4-8-3-1-5-9(11)7-8/h1,3,5,7H,2,4,6H2. The molecule has 1 aromatic carbocycles. The zero-order valence-corrected chi connectivity index (χ0v) is 7.77. The molecule has 0 spiro atoms. The summed E-state index contributed by atoms with van der Waals surface area (Å²) < 4.78 is 12.6. The average Bonchev–Trinajstić information content (AvgIpc) is 2.01. The van der Waals surface area contributed by atoms with Gasteiger partial charge in [0.1, 0.15) is 5.82 Å². The molecule has 0 bridgehead atoms. The van der Waals surface area contributed by atoms with Crippen molar-refractivity contribution in [3.8, 4) is 0 Å². The van der Waals surface area contributed by atoms with Crippen LogP contribution in [0.5, 0.6) is 0 Å². The van der Waals surface area contributed by atoms with Crippen LogP contribution in [0, 0.1) is 5.82 Å². The van der Waals surface area contributed by atoms with E-state index >= 15 is 0 Å². The van der Waals surface area contributed by atoms with E-state index in [4.69, 9.17) is 0 Å². The van der Waals surface area contributed by atoms with Gasteiger partial charge in [0.2, 0.25) is 0 Å². The lowest BCUT2D eigenvalue weighted by atomic mass is 10.1. The van der Waals surface area contributed by atoms with Gasteiger partial charge >= 0.3 is 0 Å². The Morgan fingerprint density at radius 2 is 2.18 bits per heavy atom. The highest BCUT2D eigenvalue weighted by molar-refractivity contribution is 9.09. The summed E-state index contributed by atoms with van der Waals surface area (Å²) in [5.74, 6) is -0.142. The third-order valence-electron chi connectivity index (χ3n) is 1.49. The topological polar surface area (TPSA) is 0 Å². The van der Waals surface area contributed by atoms with Gasteiger partial charge in [-0.05, 0) is 30.5 Å². The molecule has 0 fully saturated rings. The Kier molecular flexibility index (Phi) is 3.57. The van der Waals surface area contributed by atoms with Crippen molar-refractivity contribution in [3.05, 3.63) is 35.6 Å². The third kappa shape index (κ3) is 3.02. The minimum absolute atomic E-state index is 0.142. The van der Waals surface area contributed by atoms with Crippen LogP contribution >= 0.6 is 15.9 Å². The molecule has 0 atom stereocenters. The zero-order valence-electron chi connectivity index (χ0n) is 6.19. The van der Waals surface area contributed by atoms with Crippen LogP contribution in [-0.2, 0) is 6.42 Å². The summed E-state index contributed by atoms with van der Waals surface area (Å²) >= 11 is 3.33. The van der Waals surface area contributed by atoms with E-state index in [0.29, 0.717) is 0 Å². The van der Waals surface area contributed by atoms with Crippen molar-refractivity contribution in [2.75, 3.05) is 5.33 Å². The maximum absolute atomic E-state index is 12.6. The van der Waals surface area contributed by atoms with Gasteiger partial charge in [0.05, 0.1) is 0 Å². The minimum atomic E-state index is -0.142. The summed E-state index contributed by atoms with van der Waals surface area (Å²) in [6.07, 6.45) is 2.01. The number of halogens is 2. The number of hydrogen-bond donors (Lipinski definition) is 0. The molecule has 1 aromatic rings. The van der Waals surface area contributed by atoms with Gasteiger partial charge in [-0.2, -0.15) is 0 Å². The lowest BCUT2D eigenvalue weighted by molar-refractivity contribution is 0.625. The maximum atomic E-state index is 12.6. The Labute approximate surface area is 74.6 Å². The second-order valence-electron chi connectivity index (χ2n) is 2.42. The van der Waals surface area contributed by atoms with E-state index in [-0.39, 0.29) is 5.82 Å². The lowest BCUT2D eigenvalue weighted by Gasteiger charge is -1.97. The molecule has 11 heavy (non-hydrogen) atoms. The number of alkyl halides is 1. The van der Waals surface area contributed by atoms with Crippen LogP contribution in [0.25, 0.3) is 0 Å². The molecule has 0 N–H and O–H groups in total. The predicted molar refractivity (Wildman–Crippen MR) is 48.5 cm³/mol. The monoisotopic (exact) mass is 216 g/mol. The Morgan fingerprint density at radius 3 is 2.82 bits per heavy atom. The molecule has 0 heterocycles. The first-order valence-electron chi connectivity index (χ1n) is 3.63. The van der Waals surface area contributed by atoms with Crippen molar-refractivity contribution in [3.63, 3.8) is 0 Å². The third-order valence-corrected chi connectivity index (χ3v) is 2.05. The van der Waals surface area contributed by atoms with Crippen LogP contribution < -0.4 is 0 Å². The van der Waals surface area contributed by atoms with Crippen LogP contribution in [0.2, 0.25) is 0 Å². The first kappa shape index (κ1) is 8.72. The van der Waals surface area contributed by atoms with Crippen molar-refractivity contribution < 1.29 is 4.39 Å². The van der Waals surface area contributed by atoms with Gasteiger partial charge in [0.25, 0.3) is 0 Å². The molecule has 0 amide bonds. The van der Waals surface area contributed by atoms with E-state index in [1.807, 2.05) is 6.07 Å². The van der Waals surface area contributed by atoms with Gasteiger partial charge in [-0.15, -0.1) is 0 Å². The molecule has 0 unspecified atom stereocenters. The largest absolute Gasteiger partial charge is 0.207 e. The summed E-state index contributed by atoms with van der Waals surface area (Å²) in [5, 5.41) is 0.976. The van der Waals surface area contributed by atoms with Crippen LogP contribution in [0.15, 0.2) is 24.3 Å². The van der Waals surface area contributed by atoms with Crippen molar-refractivity contribution >= 4 is 15.9 Å². The van der Waals surface area contributed by atoms with Crippen LogP contribution in [-0.4, -0.2) is 5.33 Å². The van der Waals surface area contributed by atoms with Gasteiger partial charge in [0, 0.05) is 5.33 Å². The fraction of sp³-hybridized carbons (Fsp3) is 0.333. The summed E-state index contributed by atoms with van der Waals surface area (Å²) in [6.45, 7) is 0. The zero-order chi connectivity index (χ0) is 8.10. The molecular formula is C9H10BrF. The van der Waals surface area contributed by atoms with Crippen LogP contribution in [0.4, 0.5) is 4.39 Å². The summed E-state index contributed by atoms with van der Waals surface area (Å²) in [7, 11) is 0. The Bertz CT molecular complexity index is 223. The molecule has 0 aliphatic carbocycles. The van der Waals surface area contributed by atoms with Gasteiger partial charge in [-0.25, -0.2) is 4.39 Å². The summed E-state index contributed by atoms with van der Waals surface area (Å²) in [6, 6.07) is 6.75. The fourth-order valence-electron chi connectivity index (χ4n) is 0.963. The van der Waals surface area contributed by atoms with E-state index in [0.717, 1.165) is 23.7 Å². The molecule has 0 saturated heterocycles. The smallest absolute Gasteiger partial charge is 0.123 e. The molecule has 60 valence electrons. The molecule has 0 radical (unpaired) electrons. The van der Waals surface area contributed by atoms with E-state index < -0.39 is 0 Å². The average molecular weight is 217 g/mol. The Hall–Kier alpha value is -0.370. The Morgan fingerprint density at radius 1 is 1.36 bits per heavy atom. The number of benzene rings is 1. The molecule has 2 heteroatoms. The quantitative estimate of drug-likeness (QED) is 0.682. The molecule has 0 saturated carbocycles. The molecule has 0 nitrogen and oxygen atoms in total. The van der Waals surface area contributed by atoms with Crippen molar-refractivity contribution in [1.82, 2.24) is 0 Å². The summed E-state index contributed by atoms with van der Waals surface area (Å²) in [4.78, 5) is 0. The van der Waals surface area contributed by atoms with Crippen LogP contribution in [0.3, 0.4) is 0 Å². The van der Waals surface area contributed by atoms with Gasteiger partial charge in [-0.3, -0.25) is 0 Å². The van der Waals surface area contributed by atoms with Gasteiger partial charge < -0.3 is 0 Å². The first-order chi connectivity index (χ1) is 5.33. The highest BCUT2D eigenvalue weighted by Crippen LogP contribution is 2.06. The fourth-order valence-corrected chi connectivity index (χ4v) is 1.24. The highest BCUT2D eigenvalue weighted by Gasteiger charge is 1.93. The van der Waals surface area contributed by atoms with Crippen molar-refractivity contribution in [1.29, 1.82) is 0 Å². The van der Waals surface area contributed by atoms with Gasteiger partial charge in [-0.1, -0.05) is 28.1 Å². The molecular weight excluding hydrogens is 207 g/mol. The number of hydrogen-bond acceptors (Lipinski definition) is 0. The lowest BCUT2D eigenvalue weighted by Crippen LogP contribution is -1.86. The molecule has 0 aliphatic heterocycles. The Balaban J connectivity index is 2.56. The SMILES string of the molecule is Fc1cccc(CCCBr)c1. The summed E-state index contributed by atoms with van der Waals surface area (Å²) in [5.41, 5.74) is 1.07.